The molecule has 1 aromatic rings. The number of amides is 1. The Hall–Kier alpha value is -2.04. The van der Waals surface area contributed by atoms with Crippen molar-refractivity contribution in [3.8, 4) is 0 Å². The van der Waals surface area contributed by atoms with Gasteiger partial charge in [-0.05, 0) is 37.0 Å². The second-order valence-electron chi connectivity index (χ2n) is 5.97. The van der Waals surface area contributed by atoms with E-state index in [-0.39, 0.29) is 5.91 Å². The number of benzene rings is 1. The van der Waals surface area contributed by atoms with E-state index < -0.39 is 0 Å². The third kappa shape index (κ3) is 8.24. The fraction of sp³-hybridized carbons (Fsp3) is 0.556. The van der Waals surface area contributed by atoms with E-state index in [0.29, 0.717) is 18.9 Å². The minimum atomic E-state index is 0.0607. The highest BCUT2D eigenvalue weighted by atomic mass is 16.1. The highest BCUT2D eigenvalue weighted by Crippen LogP contribution is 2.11. The Labute approximate surface area is 140 Å². The van der Waals surface area contributed by atoms with Gasteiger partial charge in [0, 0.05) is 25.2 Å². The Balaban J connectivity index is 2.57. The molecule has 0 radical (unpaired) electrons. The molecule has 23 heavy (non-hydrogen) atoms. The molecule has 0 aliphatic rings. The lowest BCUT2D eigenvalue weighted by Crippen LogP contribution is -2.39. The maximum atomic E-state index is 11.6. The Morgan fingerprint density at radius 2 is 1.83 bits per heavy atom. The van der Waals surface area contributed by atoms with Gasteiger partial charge in [-0.3, -0.25) is 4.79 Å². The summed E-state index contributed by atoms with van der Waals surface area (Å²) >= 11 is 0. The summed E-state index contributed by atoms with van der Waals surface area (Å²) in [5.41, 5.74) is 1.95. The first-order valence-electron chi connectivity index (χ1n) is 8.46. The lowest BCUT2D eigenvalue weighted by Gasteiger charge is -2.13. The van der Waals surface area contributed by atoms with Crippen LogP contribution >= 0.6 is 0 Å². The van der Waals surface area contributed by atoms with Gasteiger partial charge in [-0.25, -0.2) is 4.99 Å². The van der Waals surface area contributed by atoms with E-state index in [2.05, 4.69) is 41.7 Å². The summed E-state index contributed by atoms with van der Waals surface area (Å²) in [4.78, 5) is 16.1. The Bertz CT molecular complexity index is 494. The van der Waals surface area contributed by atoms with Crippen molar-refractivity contribution < 1.29 is 4.79 Å². The van der Waals surface area contributed by atoms with Crippen molar-refractivity contribution in [2.75, 3.05) is 18.4 Å². The zero-order chi connectivity index (χ0) is 17.1. The quantitative estimate of drug-likeness (QED) is 0.509. The van der Waals surface area contributed by atoms with Crippen molar-refractivity contribution >= 4 is 17.6 Å². The van der Waals surface area contributed by atoms with Gasteiger partial charge in [0.1, 0.15) is 0 Å². The number of hydrogen-bond acceptors (Lipinski definition) is 2. The minimum Gasteiger partial charge on any atom is -0.357 e. The Morgan fingerprint density at radius 3 is 2.39 bits per heavy atom. The van der Waals surface area contributed by atoms with Crippen LogP contribution in [0.25, 0.3) is 0 Å². The summed E-state index contributed by atoms with van der Waals surface area (Å²) in [5, 5.41) is 9.45. The van der Waals surface area contributed by atoms with Crippen LogP contribution in [0.3, 0.4) is 0 Å². The molecule has 5 heteroatoms. The number of aliphatic imine (C=N–C) groups is 1. The van der Waals surface area contributed by atoms with E-state index in [1.54, 1.807) is 0 Å². The van der Waals surface area contributed by atoms with Crippen molar-refractivity contribution in [3.05, 3.63) is 29.8 Å². The third-order valence-electron chi connectivity index (χ3n) is 3.16. The maximum Gasteiger partial charge on any atom is 0.224 e. The predicted octanol–water partition coefficient (Wildman–Crippen LogP) is 3.14. The molecule has 5 nitrogen and oxygen atoms in total. The van der Waals surface area contributed by atoms with Gasteiger partial charge in [-0.15, -0.1) is 0 Å². The zero-order valence-electron chi connectivity index (χ0n) is 14.8. The second-order valence-corrected chi connectivity index (χ2v) is 5.97. The molecule has 0 atom stereocenters. The van der Waals surface area contributed by atoms with Crippen LogP contribution in [-0.2, 0) is 11.3 Å². The minimum absolute atomic E-state index is 0.0607. The van der Waals surface area contributed by atoms with E-state index >= 15 is 0 Å². The predicted molar refractivity (Wildman–Crippen MR) is 97.6 cm³/mol. The van der Waals surface area contributed by atoms with Crippen LogP contribution in [0.4, 0.5) is 5.69 Å². The summed E-state index contributed by atoms with van der Waals surface area (Å²) in [7, 11) is 0. The van der Waals surface area contributed by atoms with Crippen molar-refractivity contribution in [3.63, 3.8) is 0 Å². The first-order chi connectivity index (χ1) is 11.0. The first kappa shape index (κ1) is 19.0. The van der Waals surface area contributed by atoms with Crippen LogP contribution in [0.15, 0.2) is 29.3 Å². The molecule has 0 aliphatic heterocycles. The van der Waals surface area contributed by atoms with Crippen molar-refractivity contribution in [2.45, 2.75) is 47.1 Å². The van der Waals surface area contributed by atoms with Crippen molar-refractivity contribution in [1.82, 2.24) is 10.6 Å². The molecule has 0 spiro atoms. The van der Waals surface area contributed by atoms with Crippen molar-refractivity contribution in [2.24, 2.45) is 10.9 Å². The van der Waals surface area contributed by atoms with E-state index in [9.17, 15) is 4.79 Å². The SMILES string of the molecule is CCCC(=O)Nc1ccc(CN=C(NCC)NCC(C)C)cc1. The molecule has 128 valence electrons. The van der Waals surface area contributed by atoms with Crippen molar-refractivity contribution in [1.29, 1.82) is 0 Å². The van der Waals surface area contributed by atoms with Gasteiger partial charge >= 0.3 is 0 Å². The molecule has 0 saturated carbocycles. The molecule has 1 aromatic carbocycles. The number of carbonyl (C=O) groups excluding carboxylic acids is 1. The lowest BCUT2D eigenvalue weighted by molar-refractivity contribution is -0.116. The second kappa shape index (κ2) is 10.6. The molecule has 0 fully saturated rings. The number of guanidine groups is 1. The molecule has 0 saturated heterocycles. The van der Waals surface area contributed by atoms with Gasteiger partial charge in [0.25, 0.3) is 0 Å². The monoisotopic (exact) mass is 318 g/mol. The summed E-state index contributed by atoms with van der Waals surface area (Å²) in [6.07, 6.45) is 1.41. The van der Waals surface area contributed by atoms with Crippen LogP contribution < -0.4 is 16.0 Å². The Kier molecular flexibility index (Phi) is 8.80. The molecule has 1 rings (SSSR count). The average Bonchev–Trinajstić information content (AvgIpc) is 2.51. The molecular formula is C18H30N4O. The smallest absolute Gasteiger partial charge is 0.224 e. The van der Waals surface area contributed by atoms with E-state index in [1.165, 1.54) is 0 Å². The third-order valence-corrected chi connectivity index (χ3v) is 3.16. The van der Waals surface area contributed by atoms with E-state index in [4.69, 9.17) is 0 Å². The highest BCUT2D eigenvalue weighted by molar-refractivity contribution is 5.90. The summed E-state index contributed by atoms with van der Waals surface area (Å²) in [6, 6.07) is 7.84. The van der Waals surface area contributed by atoms with Crippen LogP contribution in [-0.4, -0.2) is 25.0 Å². The van der Waals surface area contributed by atoms with Gasteiger partial charge in [0.05, 0.1) is 6.54 Å². The van der Waals surface area contributed by atoms with Gasteiger partial charge in [-0.2, -0.15) is 0 Å². The van der Waals surface area contributed by atoms with Crippen LogP contribution in [0, 0.1) is 5.92 Å². The standard InChI is InChI=1S/C18H30N4O/c1-5-7-17(23)22-16-10-8-15(9-11-16)13-21-18(19-6-2)20-12-14(3)4/h8-11,14H,5-7,12-13H2,1-4H3,(H,22,23)(H2,19,20,21). The van der Waals surface area contributed by atoms with Crippen LogP contribution in [0.1, 0.15) is 46.1 Å². The summed E-state index contributed by atoms with van der Waals surface area (Å²) in [6.45, 7) is 10.7. The zero-order valence-corrected chi connectivity index (χ0v) is 14.8. The molecule has 1 amide bonds. The molecule has 0 aromatic heterocycles. The van der Waals surface area contributed by atoms with Crippen LogP contribution in [0.5, 0.6) is 0 Å². The maximum absolute atomic E-state index is 11.6. The van der Waals surface area contributed by atoms with Gasteiger partial charge < -0.3 is 16.0 Å². The number of hydrogen-bond donors (Lipinski definition) is 3. The Morgan fingerprint density at radius 1 is 1.13 bits per heavy atom. The largest absolute Gasteiger partial charge is 0.357 e. The summed E-state index contributed by atoms with van der Waals surface area (Å²) < 4.78 is 0. The van der Waals surface area contributed by atoms with Crippen LogP contribution in [0.2, 0.25) is 0 Å². The molecule has 0 heterocycles. The topological polar surface area (TPSA) is 65.5 Å². The van der Waals surface area contributed by atoms with Gasteiger partial charge in [-0.1, -0.05) is 32.9 Å². The van der Waals surface area contributed by atoms with E-state index in [0.717, 1.165) is 36.7 Å². The van der Waals surface area contributed by atoms with Gasteiger partial charge in [0.2, 0.25) is 5.91 Å². The molecule has 0 aliphatic carbocycles. The van der Waals surface area contributed by atoms with E-state index in [1.807, 2.05) is 31.2 Å². The first-order valence-corrected chi connectivity index (χ1v) is 8.46. The molecule has 0 bridgehead atoms. The number of nitrogens with zero attached hydrogens (tertiary/aromatic N) is 1. The van der Waals surface area contributed by atoms with Gasteiger partial charge in [0.15, 0.2) is 5.96 Å². The number of carbonyl (C=O) groups is 1. The number of nitrogens with one attached hydrogen (secondary N) is 3. The fourth-order valence-corrected chi connectivity index (χ4v) is 1.96. The number of anilines is 1. The molecule has 0 unspecified atom stereocenters. The number of rotatable bonds is 8. The highest BCUT2D eigenvalue weighted by Gasteiger charge is 2.02. The average molecular weight is 318 g/mol. The lowest BCUT2D eigenvalue weighted by atomic mass is 10.2. The fourth-order valence-electron chi connectivity index (χ4n) is 1.96. The molecular weight excluding hydrogens is 288 g/mol. The molecule has 3 N–H and O–H groups in total. The summed E-state index contributed by atoms with van der Waals surface area (Å²) in [5.74, 6) is 1.47. The normalized spacial score (nSPS) is 11.4.